The number of benzene rings is 2. The first kappa shape index (κ1) is 27.1. The van der Waals surface area contributed by atoms with Crippen LogP contribution < -0.4 is 10.6 Å². The SMILES string of the molecule is C=C/C=C(O)\C=C(/CNCc1ccc(F)cc1F)c1ccc(C)n1-c1cc(NC(C)=O)cc(C(=O)O)c1. The molecule has 0 bridgehead atoms. The zero-order valence-electron chi connectivity index (χ0n) is 20.4. The molecule has 3 rings (SSSR count). The molecule has 7 nitrogen and oxygen atoms in total. The molecule has 0 saturated heterocycles. The molecular weight excluding hydrogens is 480 g/mol. The third kappa shape index (κ3) is 7.02. The number of aromatic nitrogens is 1. The number of allylic oxidation sites excluding steroid dienone is 3. The minimum absolute atomic E-state index is 0.0230. The van der Waals surface area contributed by atoms with Crippen molar-refractivity contribution < 1.29 is 28.6 Å². The maximum atomic E-state index is 14.1. The van der Waals surface area contributed by atoms with Crippen molar-refractivity contribution in [1.82, 2.24) is 9.88 Å². The summed E-state index contributed by atoms with van der Waals surface area (Å²) in [5, 5.41) is 25.7. The van der Waals surface area contributed by atoms with Crippen LogP contribution in [0.2, 0.25) is 0 Å². The van der Waals surface area contributed by atoms with Crippen molar-refractivity contribution in [2.75, 3.05) is 11.9 Å². The molecule has 3 aromatic rings. The molecule has 0 aliphatic carbocycles. The number of aliphatic hydroxyl groups is 1. The zero-order valence-corrected chi connectivity index (χ0v) is 20.4. The van der Waals surface area contributed by atoms with Crippen LogP contribution in [-0.4, -0.2) is 33.2 Å². The molecule has 1 aromatic heterocycles. The van der Waals surface area contributed by atoms with Crippen LogP contribution in [-0.2, 0) is 11.3 Å². The Morgan fingerprint density at radius 2 is 1.84 bits per heavy atom. The summed E-state index contributed by atoms with van der Waals surface area (Å²) >= 11 is 0. The molecule has 9 heteroatoms. The number of carboxylic acid groups (broad SMARTS) is 1. The number of aryl methyl sites for hydroxylation is 1. The fourth-order valence-electron chi connectivity index (χ4n) is 3.83. The molecule has 0 aliphatic heterocycles. The molecule has 0 spiro atoms. The first-order chi connectivity index (χ1) is 17.6. The minimum atomic E-state index is -1.16. The normalized spacial score (nSPS) is 11.9. The number of carbonyl (C=O) groups excluding carboxylic acids is 1. The monoisotopic (exact) mass is 507 g/mol. The number of anilines is 1. The first-order valence-corrected chi connectivity index (χ1v) is 11.3. The number of hydrogen-bond acceptors (Lipinski definition) is 4. The largest absolute Gasteiger partial charge is 0.508 e. The number of aromatic carboxylic acids is 1. The molecular formula is C28H27F2N3O4. The van der Waals surface area contributed by atoms with Crippen LogP contribution >= 0.6 is 0 Å². The Morgan fingerprint density at radius 3 is 2.49 bits per heavy atom. The average molecular weight is 508 g/mol. The van der Waals surface area contributed by atoms with Gasteiger partial charge in [0.05, 0.1) is 11.3 Å². The Kier molecular flexibility index (Phi) is 8.76. The maximum absolute atomic E-state index is 14.1. The van der Waals surface area contributed by atoms with E-state index in [1.165, 1.54) is 49.4 Å². The van der Waals surface area contributed by atoms with E-state index in [4.69, 9.17) is 0 Å². The highest BCUT2D eigenvalue weighted by Crippen LogP contribution is 2.27. The molecule has 37 heavy (non-hydrogen) atoms. The summed E-state index contributed by atoms with van der Waals surface area (Å²) in [4.78, 5) is 23.4. The van der Waals surface area contributed by atoms with E-state index in [2.05, 4.69) is 17.2 Å². The van der Waals surface area contributed by atoms with Crippen LogP contribution in [0.3, 0.4) is 0 Å². The van der Waals surface area contributed by atoms with Gasteiger partial charge < -0.3 is 25.4 Å². The maximum Gasteiger partial charge on any atom is 0.335 e. The smallest absolute Gasteiger partial charge is 0.335 e. The standard InChI is InChI=1S/C28H27F2N3O4/c1-4-5-25(35)12-21(16-31-15-19-7-8-22(29)13-26(19)30)27-9-6-17(2)33(27)24-11-20(28(36)37)10-23(14-24)32-18(3)34/h4-14,31,35H,1,15-16H2,2-3H3,(H,32,34)(H,36,37)/b21-12+,25-5+. The predicted molar refractivity (Wildman–Crippen MR) is 139 cm³/mol. The van der Waals surface area contributed by atoms with E-state index >= 15 is 0 Å². The molecule has 0 aliphatic rings. The molecule has 1 heterocycles. The van der Waals surface area contributed by atoms with Crippen molar-refractivity contribution >= 4 is 23.1 Å². The van der Waals surface area contributed by atoms with Crippen molar-refractivity contribution in [3.63, 3.8) is 0 Å². The van der Waals surface area contributed by atoms with Gasteiger partial charge in [0.25, 0.3) is 0 Å². The van der Waals surface area contributed by atoms with Crippen molar-refractivity contribution in [2.45, 2.75) is 20.4 Å². The van der Waals surface area contributed by atoms with E-state index in [-0.39, 0.29) is 35.9 Å². The van der Waals surface area contributed by atoms with Crippen LogP contribution in [0, 0.1) is 18.6 Å². The van der Waals surface area contributed by atoms with Gasteiger partial charge in [-0.25, -0.2) is 13.6 Å². The summed E-state index contributed by atoms with van der Waals surface area (Å²) in [6, 6.07) is 11.4. The predicted octanol–water partition coefficient (Wildman–Crippen LogP) is 5.52. The van der Waals surface area contributed by atoms with E-state index in [0.29, 0.717) is 22.6 Å². The van der Waals surface area contributed by atoms with E-state index in [1.807, 2.05) is 13.0 Å². The molecule has 0 fully saturated rings. The number of carboxylic acids is 1. The van der Waals surface area contributed by atoms with Gasteiger partial charge in [-0.15, -0.1) is 0 Å². The Balaban J connectivity index is 2.05. The van der Waals surface area contributed by atoms with Gasteiger partial charge in [-0.2, -0.15) is 0 Å². The summed E-state index contributed by atoms with van der Waals surface area (Å²) in [5.41, 5.74) is 3.00. The molecule has 1 amide bonds. The number of carbonyl (C=O) groups is 2. The van der Waals surface area contributed by atoms with Crippen LogP contribution in [0.5, 0.6) is 0 Å². The van der Waals surface area contributed by atoms with Gasteiger partial charge in [0.1, 0.15) is 17.4 Å². The summed E-state index contributed by atoms with van der Waals surface area (Å²) in [5.74, 6) is -2.94. The van der Waals surface area contributed by atoms with Crippen LogP contribution in [0.15, 0.2) is 79.1 Å². The first-order valence-electron chi connectivity index (χ1n) is 11.3. The molecule has 0 unspecified atom stereocenters. The van der Waals surface area contributed by atoms with E-state index < -0.39 is 17.6 Å². The van der Waals surface area contributed by atoms with Gasteiger partial charge in [0.2, 0.25) is 5.91 Å². The summed E-state index contributed by atoms with van der Waals surface area (Å²) in [6.07, 6.45) is 4.33. The highest BCUT2D eigenvalue weighted by molar-refractivity contribution is 5.94. The average Bonchev–Trinajstić information content (AvgIpc) is 3.20. The quantitative estimate of drug-likeness (QED) is 0.214. The third-order valence-electron chi connectivity index (χ3n) is 5.41. The molecule has 0 atom stereocenters. The number of nitrogens with one attached hydrogen (secondary N) is 2. The minimum Gasteiger partial charge on any atom is -0.508 e. The highest BCUT2D eigenvalue weighted by atomic mass is 19.1. The molecule has 4 N–H and O–H groups in total. The van der Waals surface area contributed by atoms with Gasteiger partial charge in [-0.3, -0.25) is 4.79 Å². The number of hydrogen-bond donors (Lipinski definition) is 4. The van der Waals surface area contributed by atoms with E-state index in [1.54, 1.807) is 16.7 Å². The van der Waals surface area contributed by atoms with Gasteiger partial charge in [-0.05, 0) is 61.0 Å². The Labute approximate surface area is 213 Å². The summed E-state index contributed by atoms with van der Waals surface area (Å²) < 4.78 is 29.1. The molecule has 0 saturated carbocycles. The second-order valence-corrected chi connectivity index (χ2v) is 8.29. The Morgan fingerprint density at radius 1 is 1.08 bits per heavy atom. The topological polar surface area (TPSA) is 104 Å². The lowest BCUT2D eigenvalue weighted by Crippen LogP contribution is -2.19. The number of aliphatic hydroxyl groups excluding tert-OH is 1. The molecule has 192 valence electrons. The lowest BCUT2D eigenvalue weighted by Gasteiger charge is -2.17. The second kappa shape index (κ2) is 12.0. The number of rotatable bonds is 10. The van der Waals surface area contributed by atoms with Gasteiger partial charge >= 0.3 is 5.97 Å². The summed E-state index contributed by atoms with van der Waals surface area (Å²) in [7, 11) is 0. The highest BCUT2D eigenvalue weighted by Gasteiger charge is 2.16. The van der Waals surface area contributed by atoms with E-state index in [0.717, 1.165) is 11.8 Å². The fourth-order valence-corrected chi connectivity index (χ4v) is 3.83. The third-order valence-corrected chi connectivity index (χ3v) is 5.41. The van der Waals surface area contributed by atoms with Crippen molar-refractivity contribution in [3.05, 3.63) is 113 Å². The lowest BCUT2D eigenvalue weighted by molar-refractivity contribution is -0.114. The number of amides is 1. The lowest BCUT2D eigenvalue weighted by atomic mass is 10.1. The Bertz CT molecular complexity index is 1410. The second-order valence-electron chi connectivity index (χ2n) is 8.29. The zero-order chi connectivity index (χ0) is 27.1. The van der Waals surface area contributed by atoms with Crippen molar-refractivity contribution in [1.29, 1.82) is 0 Å². The van der Waals surface area contributed by atoms with Gasteiger partial charge in [0.15, 0.2) is 0 Å². The number of nitrogens with zero attached hydrogens (tertiary/aromatic N) is 1. The molecule has 2 aromatic carbocycles. The van der Waals surface area contributed by atoms with Crippen LogP contribution in [0.4, 0.5) is 14.5 Å². The molecule has 0 radical (unpaired) electrons. The van der Waals surface area contributed by atoms with Gasteiger partial charge in [0, 0.05) is 48.7 Å². The van der Waals surface area contributed by atoms with Crippen LogP contribution in [0.25, 0.3) is 11.3 Å². The van der Waals surface area contributed by atoms with Gasteiger partial charge in [-0.1, -0.05) is 18.7 Å². The van der Waals surface area contributed by atoms with Crippen molar-refractivity contribution in [3.8, 4) is 5.69 Å². The number of halogens is 2. The van der Waals surface area contributed by atoms with Crippen LogP contribution in [0.1, 0.15) is 34.2 Å². The van der Waals surface area contributed by atoms with Crippen molar-refractivity contribution in [2.24, 2.45) is 0 Å². The summed E-state index contributed by atoms with van der Waals surface area (Å²) in [6.45, 7) is 7.00. The van der Waals surface area contributed by atoms with E-state index in [9.17, 15) is 28.6 Å². The Hall–Kier alpha value is -4.50. The fraction of sp³-hybridized carbons (Fsp3) is 0.143.